The van der Waals surface area contributed by atoms with E-state index in [1.54, 1.807) is 0 Å². The van der Waals surface area contributed by atoms with Crippen molar-refractivity contribution >= 4 is 23.7 Å². The summed E-state index contributed by atoms with van der Waals surface area (Å²) < 4.78 is 44.0. The second-order valence-electron chi connectivity index (χ2n) is 9.39. The van der Waals surface area contributed by atoms with Crippen molar-refractivity contribution in [2.45, 2.75) is 64.7 Å². The lowest BCUT2D eigenvalue weighted by atomic mass is 10.0. The van der Waals surface area contributed by atoms with Gasteiger partial charge in [-0.2, -0.15) is 13.2 Å². The summed E-state index contributed by atoms with van der Waals surface area (Å²) in [7, 11) is 0. The number of hydrogen-bond donors (Lipinski definition) is 5. The largest absolute Gasteiger partial charge is 0.480 e. The fraction of sp³-hybridized carbons (Fsp3) is 0.480. The van der Waals surface area contributed by atoms with Gasteiger partial charge < -0.3 is 31.6 Å². The molecule has 0 aliphatic rings. The van der Waals surface area contributed by atoms with Gasteiger partial charge in [0.15, 0.2) is 11.7 Å². The van der Waals surface area contributed by atoms with Crippen LogP contribution in [0.25, 0.3) is 0 Å². The zero-order valence-electron chi connectivity index (χ0n) is 21.8. The molecule has 14 heteroatoms. The summed E-state index contributed by atoms with van der Waals surface area (Å²) in [5.41, 5.74) is 9.93. The zero-order chi connectivity index (χ0) is 29.3. The summed E-state index contributed by atoms with van der Waals surface area (Å²) in [6.45, 7) is 5.48. The highest BCUT2D eigenvalue weighted by atomic mass is 19.4. The van der Waals surface area contributed by atoms with Crippen LogP contribution in [-0.4, -0.2) is 46.4 Å². The lowest BCUT2D eigenvalue weighted by molar-refractivity contribution is -0.139. The average Bonchev–Trinajstić information content (AvgIpc) is 3.21. The van der Waals surface area contributed by atoms with Gasteiger partial charge in [0, 0.05) is 6.54 Å². The molecule has 2 atom stereocenters. The molecule has 2 rings (SSSR count). The van der Waals surface area contributed by atoms with Gasteiger partial charge in [-0.25, -0.2) is 9.78 Å². The molecule has 1 aromatic carbocycles. The van der Waals surface area contributed by atoms with Crippen molar-refractivity contribution in [1.29, 1.82) is 0 Å². The zero-order valence-corrected chi connectivity index (χ0v) is 21.8. The van der Waals surface area contributed by atoms with Gasteiger partial charge in [-0.05, 0) is 49.8 Å². The summed E-state index contributed by atoms with van der Waals surface area (Å²) in [5.74, 6) is -2.37. The third-order valence-corrected chi connectivity index (χ3v) is 5.56. The number of carboxylic acid groups (broad SMARTS) is 1. The van der Waals surface area contributed by atoms with Crippen molar-refractivity contribution < 1.29 is 37.1 Å². The number of carbonyl (C=O) groups excluding carboxylic acids is 2. The number of nitrogens with zero attached hydrogens (tertiary/aromatic N) is 2. The number of aliphatic imine (C=N–C) groups is 1. The molecule has 2 amide bonds. The van der Waals surface area contributed by atoms with Gasteiger partial charge in [0.1, 0.15) is 17.8 Å². The monoisotopic (exact) mass is 554 g/mol. The van der Waals surface area contributed by atoms with Crippen LogP contribution in [0.3, 0.4) is 0 Å². The molecule has 214 valence electrons. The van der Waals surface area contributed by atoms with E-state index in [2.05, 4.69) is 20.6 Å². The highest BCUT2D eigenvalue weighted by molar-refractivity contribution is 5.95. The molecule has 0 saturated carbocycles. The highest BCUT2D eigenvalue weighted by Crippen LogP contribution is 2.29. The fourth-order valence-electron chi connectivity index (χ4n) is 3.70. The fourth-order valence-corrected chi connectivity index (χ4v) is 3.70. The highest BCUT2D eigenvalue weighted by Gasteiger charge is 2.30. The number of aromatic nitrogens is 1. The normalized spacial score (nSPS) is 13.0. The van der Waals surface area contributed by atoms with Crippen molar-refractivity contribution in [2.75, 3.05) is 6.54 Å². The first-order chi connectivity index (χ1) is 18.2. The van der Waals surface area contributed by atoms with E-state index in [1.807, 2.05) is 13.8 Å². The van der Waals surface area contributed by atoms with E-state index in [-0.39, 0.29) is 48.6 Å². The van der Waals surface area contributed by atoms with Gasteiger partial charge in [0.2, 0.25) is 11.8 Å². The van der Waals surface area contributed by atoms with Crippen LogP contribution in [-0.2, 0) is 22.2 Å². The van der Waals surface area contributed by atoms with E-state index >= 15 is 0 Å². The van der Waals surface area contributed by atoms with Crippen molar-refractivity contribution in [2.24, 2.45) is 22.4 Å². The average molecular weight is 555 g/mol. The summed E-state index contributed by atoms with van der Waals surface area (Å²) in [6, 6.07) is 2.31. The van der Waals surface area contributed by atoms with E-state index in [4.69, 9.17) is 15.9 Å². The van der Waals surface area contributed by atoms with Gasteiger partial charge in [-0.3, -0.25) is 14.6 Å². The maximum absolute atomic E-state index is 12.8. The maximum Gasteiger partial charge on any atom is 0.416 e. The Bertz CT molecular complexity index is 1170. The topological polar surface area (TPSA) is 186 Å². The van der Waals surface area contributed by atoms with Crippen LogP contribution in [0.1, 0.15) is 72.4 Å². The summed E-state index contributed by atoms with van der Waals surface area (Å²) in [4.78, 5) is 45.1. The number of alkyl halides is 3. The Morgan fingerprint density at radius 3 is 2.31 bits per heavy atom. The van der Waals surface area contributed by atoms with E-state index in [9.17, 15) is 32.7 Å². The quantitative estimate of drug-likeness (QED) is 0.142. The predicted molar refractivity (Wildman–Crippen MR) is 136 cm³/mol. The number of halogens is 3. The third-order valence-electron chi connectivity index (χ3n) is 5.56. The van der Waals surface area contributed by atoms with Crippen LogP contribution in [0.4, 0.5) is 13.2 Å². The van der Waals surface area contributed by atoms with Crippen molar-refractivity contribution in [3.8, 4) is 0 Å². The molecule has 0 fully saturated rings. The molecule has 11 nitrogen and oxygen atoms in total. The van der Waals surface area contributed by atoms with Crippen LogP contribution in [0.2, 0.25) is 0 Å². The SMILES string of the molecule is Cc1oc(C(CC(C)C)NC(=O)Cc2ccc(C(F)(F)F)cc2)nc1C(=O)NC(CCCN=C(N)N)C(=O)O. The minimum Gasteiger partial charge on any atom is -0.480 e. The molecule has 2 aromatic rings. The van der Waals surface area contributed by atoms with Gasteiger partial charge in [-0.1, -0.05) is 26.0 Å². The number of aliphatic carboxylic acids is 1. The summed E-state index contributed by atoms with van der Waals surface area (Å²) >= 11 is 0. The Hall–Kier alpha value is -4.10. The van der Waals surface area contributed by atoms with E-state index in [0.717, 1.165) is 12.1 Å². The summed E-state index contributed by atoms with van der Waals surface area (Å²) in [6.07, 6.45) is -3.90. The van der Waals surface area contributed by atoms with Gasteiger partial charge >= 0.3 is 12.1 Å². The van der Waals surface area contributed by atoms with Gasteiger partial charge in [-0.15, -0.1) is 0 Å². The Labute approximate surface area is 223 Å². The van der Waals surface area contributed by atoms with Crippen LogP contribution in [0, 0.1) is 12.8 Å². The third kappa shape index (κ3) is 9.94. The minimum absolute atomic E-state index is 0.0479. The van der Waals surface area contributed by atoms with Gasteiger partial charge in [0.25, 0.3) is 5.91 Å². The van der Waals surface area contributed by atoms with E-state index < -0.39 is 41.6 Å². The Morgan fingerprint density at radius 2 is 1.77 bits per heavy atom. The van der Waals surface area contributed by atoms with Crippen LogP contribution >= 0.6 is 0 Å². The number of guanidine groups is 1. The first-order valence-corrected chi connectivity index (χ1v) is 12.2. The second kappa shape index (κ2) is 13.6. The number of nitrogens with two attached hydrogens (primary N) is 2. The Morgan fingerprint density at radius 1 is 1.13 bits per heavy atom. The molecule has 2 unspecified atom stereocenters. The standard InChI is InChI=1S/C25H33F3N6O5/c1-13(2)11-18(32-19(35)12-15-6-8-16(9-7-15)25(26,27)28)22-34-20(14(3)39-22)21(36)33-17(23(37)38)5-4-10-31-24(29)30/h6-9,13,17-18H,4-5,10-12H2,1-3H3,(H,32,35)(H,33,36)(H,37,38)(H4,29,30,31). The summed E-state index contributed by atoms with van der Waals surface area (Å²) in [5, 5.41) is 14.6. The maximum atomic E-state index is 12.8. The molecule has 0 spiro atoms. The number of carboxylic acids is 1. The van der Waals surface area contributed by atoms with Crippen LogP contribution < -0.4 is 22.1 Å². The number of carbonyl (C=O) groups is 3. The van der Waals surface area contributed by atoms with Crippen LogP contribution in [0.5, 0.6) is 0 Å². The molecule has 7 N–H and O–H groups in total. The molecule has 1 aromatic heterocycles. The van der Waals surface area contributed by atoms with Crippen molar-refractivity contribution in [3.63, 3.8) is 0 Å². The van der Waals surface area contributed by atoms with E-state index in [1.165, 1.54) is 19.1 Å². The molecular weight excluding hydrogens is 521 g/mol. The van der Waals surface area contributed by atoms with E-state index in [0.29, 0.717) is 18.4 Å². The van der Waals surface area contributed by atoms with Crippen molar-refractivity contribution in [1.82, 2.24) is 15.6 Å². The molecule has 0 radical (unpaired) electrons. The number of amides is 2. The first kappa shape index (κ1) is 31.1. The molecule has 1 heterocycles. The van der Waals surface area contributed by atoms with Crippen LogP contribution in [0.15, 0.2) is 33.7 Å². The molecule has 0 bridgehead atoms. The predicted octanol–water partition coefficient (Wildman–Crippen LogP) is 2.68. The number of benzene rings is 1. The first-order valence-electron chi connectivity index (χ1n) is 12.2. The number of rotatable bonds is 13. The number of aryl methyl sites for hydroxylation is 1. The molecule has 39 heavy (non-hydrogen) atoms. The minimum atomic E-state index is -4.48. The lowest BCUT2D eigenvalue weighted by Crippen LogP contribution is -2.41. The Balaban J connectivity index is 2.12. The Kier molecular flexibility index (Phi) is 10.9. The van der Waals surface area contributed by atoms with Crippen molar-refractivity contribution in [3.05, 3.63) is 52.7 Å². The molecule has 0 saturated heterocycles. The number of nitrogens with one attached hydrogen (secondary N) is 2. The second-order valence-corrected chi connectivity index (χ2v) is 9.39. The number of hydrogen-bond acceptors (Lipinski definition) is 6. The molecule has 0 aliphatic carbocycles. The lowest BCUT2D eigenvalue weighted by Gasteiger charge is -2.18. The van der Waals surface area contributed by atoms with Gasteiger partial charge in [0.05, 0.1) is 12.0 Å². The number of oxazole rings is 1. The molecule has 0 aliphatic heterocycles. The molecular formula is C25H33F3N6O5. The smallest absolute Gasteiger partial charge is 0.416 e.